The lowest BCUT2D eigenvalue weighted by Gasteiger charge is -2.14. The molecule has 3 rings (SSSR count). The van der Waals surface area contributed by atoms with Crippen LogP contribution in [0.4, 0.5) is 4.39 Å². The second-order valence-corrected chi connectivity index (χ2v) is 7.14. The highest BCUT2D eigenvalue weighted by Crippen LogP contribution is 2.40. The fourth-order valence-corrected chi connectivity index (χ4v) is 3.61. The van der Waals surface area contributed by atoms with Crippen LogP contribution in [0.25, 0.3) is 0 Å². The number of aliphatic imine (C=N–C) groups is 1. The van der Waals surface area contributed by atoms with E-state index in [2.05, 4.69) is 39.9 Å². The van der Waals surface area contributed by atoms with Gasteiger partial charge < -0.3 is 10.6 Å². The molecule has 0 bridgehead atoms. The highest BCUT2D eigenvalue weighted by atomic mass is 127. The highest BCUT2D eigenvalue weighted by Gasteiger charge is 2.38. The van der Waals surface area contributed by atoms with E-state index in [9.17, 15) is 4.39 Å². The van der Waals surface area contributed by atoms with E-state index in [1.54, 1.807) is 24.9 Å². The zero-order valence-electron chi connectivity index (χ0n) is 15.0. The molecular formula is C20H25FIN3S. The summed E-state index contributed by atoms with van der Waals surface area (Å²) in [6.07, 6.45) is 3.15. The van der Waals surface area contributed by atoms with Crippen molar-refractivity contribution in [3.8, 4) is 0 Å². The Hall–Kier alpha value is -1.28. The fraction of sp³-hybridized carbons (Fsp3) is 0.350. The quantitative estimate of drug-likeness (QED) is 0.359. The van der Waals surface area contributed by atoms with Gasteiger partial charge in [-0.2, -0.15) is 11.8 Å². The molecule has 0 aliphatic heterocycles. The van der Waals surface area contributed by atoms with Gasteiger partial charge in [-0.15, -0.1) is 24.0 Å². The van der Waals surface area contributed by atoms with Crippen molar-refractivity contribution in [1.29, 1.82) is 0 Å². The number of rotatable bonds is 6. The molecule has 2 aromatic carbocycles. The summed E-state index contributed by atoms with van der Waals surface area (Å²) in [5.74, 6) is 1.97. The summed E-state index contributed by atoms with van der Waals surface area (Å²) < 4.78 is 13.5. The first kappa shape index (κ1) is 21.0. The molecule has 3 nitrogen and oxygen atoms in total. The first-order chi connectivity index (χ1) is 12.2. The van der Waals surface area contributed by atoms with Crippen molar-refractivity contribution in [3.05, 3.63) is 71.0 Å². The Kier molecular flexibility index (Phi) is 8.21. The van der Waals surface area contributed by atoms with E-state index in [-0.39, 0.29) is 29.8 Å². The predicted molar refractivity (Wildman–Crippen MR) is 120 cm³/mol. The lowest BCUT2D eigenvalue weighted by molar-refractivity contribution is 0.625. The van der Waals surface area contributed by atoms with Crippen LogP contribution in [0.5, 0.6) is 0 Å². The molecule has 1 aliphatic rings. The molecule has 0 amide bonds. The minimum atomic E-state index is -0.181. The molecule has 26 heavy (non-hydrogen) atoms. The van der Waals surface area contributed by atoms with Crippen molar-refractivity contribution in [2.24, 2.45) is 4.99 Å². The number of nitrogens with zero attached hydrogens (tertiary/aromatic N) is 1. The summed E-state index contributed by atoms with van der Waals surface area (Å²) in [5, 5.41) is 6.84. The van der Waals surface area contributed by atoms with Crippen molar-refractivity contribution in [2.75, 3.05) is 13.3 Å². The Morgan fingerprint density at radius 2 is 1.96 bits per heavy atom. The smallest absolute Gasteiger partial charge is 0.191 e. The molecule has 2 aromatic rings. The van der Waals surface area contributed by atoms with E-state index >= 15 is 0 Å². The van der Waals surface area contributed by atoms with Crippen LogP contribution in [0.15, 0.2) is 53.5 Å². The Morgan fingerprint density at radius 1 is 1.19 bits per heavy atom. The Balaban J connectivity index is 0.00000243. The number of thioether (sulfide) groups is 1. The van der Waals surface area contributed by atoms with Gasteiger partial charge in [0.05, 0.1) is 0 Å². The van der Waals surface area contributed by atoms with E-state index in [0.717, 1.165) is 29.3 Å². The Labute approximate surface area is 176 Å². The minimum absolute atomic E-state index is 0. The van der Waals surface area contributed by atoms with Crippen molar-refractivity contribution < 1.29 is 4.39 Å². The number of halogens is 2. The van der Waals surface area contributed by atoms with E-state index in [4.69, 9.17) is 0 Å². The number of nitrogens with one attached hydrogen (secondary N) is 2. The third-order valence-electron chi connectivity index (χ3n) is 4.48. The summed E-state index contributed by atoms with van der Waals surface area (Å²) >= 11 is 1.70. The van der Waals surface area contributed by atoms with Gasteiger partial charge in [0.25, 0.3) is 0 Å². The molecule has 1 saturated carbocycles. The van der Waals surface area contributed by atoms with Gasteiger partial charge >= 0.3 is 0 Å². The molecule has 6 heteroatoms. The summed E-state index contributed by atoms with van der Waals surface area (Å²) in [6.45, 7) is 0.637. The molecule has 0 saturated heterocycles. The maximum Gasteiger partial charge on any atom is 0.191 e. The van der Waals surface area contributed by atoms with Gasteiger partial charge in [-0.3, -0.25) is 4.99 Å². The first-order valence-electron chi connectivity index (χ1n) is 8.49. The topological polar surface area (TPSA) is 36.4 Å². The van der Waals surface area contributed by atoms with Crippen LogP contribution >= 0.6 is 35.7 Å². The summed E-state index contributed by atoms with van der Waals surface area (Å²) in [5.41, 5.74) is 3.51. The summed E-state index contributed by atoms with van der Waals surface area (Å²) in [4.78, 5) is 4.32. The Morgan fingerprint density at radius 3 is 2.65 bits per heavy atom. The zero-order chi connectivity index (χ0) is 17.6. The van der Waals surface area contributed by atoms with Crippen LogP contribution in [0, 0.1) is 5.82 Å². The number of guanidine groups is 1. The number of benzene rings is 2. The molecular weight excluding hydrogens is 460 g/mol. The minimum Gasteiger partial charge on any atom is -0.353 e. The van der Waals surface area contributed by atoms with Crippen LogP contribution in [-0.2, 0) is 12.3 Å². The van der Waals surface area contributed by atoms with Gasteiger partial charge in [0.1, 0.15) is 5.82 Å². The number of hydrogen-bond acceptors (Lipinski definition) is 2. The average Bonchev–Trinajstić information content (AvgIpc) is 3.40. The lowest BCUT2D eigenvalue weighted by Crippen LogP contribution is -2.38. The van der Waals surface area contributed by atoms with E-state index < -0.39 is 0 Å². The second kappa shape index (κ2) is 10.2. The first-order valence-corrected chi connectivity index (χ1v) is 9.89. The maximum absolute atomic E-state index is 13.5. The van der Waals surface area contributed by atoms with Crippen LogP contribution in [-0.4, -0.2) is 25.3 Å². The van der Waals surface area contributed by atoms with Crippen LogP contribution < -0.4 is 10.6 Å². The van der Waals surface area contributed by atoms with Gasteiger partial charge in [-0.05, 0) is 41.5 Å². The molecule has 2 N–H and O–H groups in total. The van der Waals surface area contributed by atoms with Crippen molar-refractivity contribution in [1.82, 2.24) is 10.6 Å². The van der Waals surface area contributed by atoms with Crippen LogP contribution in [0.3, 0.4) is 0 Å². The SMILES string of the molecule is CN=C(NCc1ccc(F)cc1CSC)NC1CC1c1ccccc1.I. The summed E-state index contributed by atoms with van der Waals surface area (Å²) in [6, 6.07) is 16.0. The van der Waals surface area contributed by atoms with E-state index in [0.29, 0.717) is 18.5 Å². The molecule has 1 aliphatic carbocycles. The molecule has 140 valence electrons. The largest absolute Gasteiger partial charge is 0.353 e. The van der Waals surface area contributed by atoms with Gasteiger partial charge in [-0.1, -0.05) is 36.4 Å². The molecule has 1 fully saturated rings. The fourth-order valence-electron chi connectivity index (χ4n) is 3.03. The molecule has 0 heterocycles. The van der Waals surface area contributed by atoms with Crippen molar-refractivity contribution in [2.45, 2.75) is 30.7 Å². The predicted octanol–water partition coefficient (Wildman–Crippen LogP) is 4.53. The van der Waals surface area contributed by atoms with Crippen molar-refractivity contribution in [3.63, 3.8) is 0 Å². The van der Waals surface area contributed by atoms with E-state index in [1.165, 1.54) is 11.6 Å². The zero-order valence-corrected chi connectivity index (χ0v) is 18.2. The molecule has 0 spiro atoms. The highest BCUT2D eigenvalue weighted by molar-refractivity contribution is 14.0. The van der Waals surface area contributed by atoms with Gasteiger partial charge in [0, 0.05) is 31.3 Å². The molecule has 0 radical (unpaired) electrons. The Bertz CT molecular complexity index is 739. The molecule has 2 atom stereocenters. The van der Waals surface area contributed by atoms with Crippen LogP contribution in [0.1, 0.15) is 29.0 Å². The molecule has 2 unspecified atom stereocenters. The third kappa shape index (κ3) is 5.61. The third-order valence-corrected chi connectivity index (χ3v) is 5.08. The normalized spacial score (nSPS) is 18.8. The van der Waals surface area contributed by atoms with Gasteiger partial charge in [-0.25, -0.2) is 4.39 Å². The van der Waals surface area contributed by atoms with Gasteiger partial charge in [0.2, 0.25) is 0 Å². The second-order valence-electron chi connectivity index (χ2n) is 6.28. The molecule has 0 aromatic heterocycles. The summed E-state index contributed by atoms with van der Waals surface area (Å²) in [7, 11) is 1.78. The maximum atomic E-state index is 13.5. The van der Waals surface area contributed by atoms with Gasteiger partial charge in [0.15, 0.2) is 5.96 Å². The monoisotopic (exact) mass is 485 g/mol. The van der Waals surface area contributed by atoms with E-state index in [1.807, 2.05) is 18.4 Å². The van der Waals surface area contributed by atoms with Crippen LogP contribution in [0.2, 0.25) is 0 Å². The number of hydrogen-bond donors (Lipinski definition) is 2. The lowest BCUT2D eigenvalue weighted by atomic mass is 10.1. The van der Waals surface area contributed by atoms with Crippen molar-refractivity contribution >= 4 is 41.7 Å². The standard InChI is InChI=1S/C20H24FN3S.HI/c1-22-20(24-19-11-18(19)14-6-4-3-5-7-14)23-12-15-8-9-17(21)10-16(15)13-25-2;/h3-10,18-19H,11-13H2,1-2H3,(H2,22,23,24);1H. The average molecular weight is 485 g/mol.